The first-order valence-electron chi connectivity index (χ1n) is 8.45. The summed E-state index contributed by atoms with van der Waals surface area (Å²) in [5.74, 6) is -3.97. The predicted octanol–water partition coefficient (Wildman–Crippen LogP) is 5.10. The fourth-order valence-corrected chi connectivity index (χ4v) is 3.61. The fraction of sp³-hybridized carbons (Fsp3) is 0.105. The molecular formula is C19H11F5N4OS. The molecule has 0 aliphatic carbocycles. The van der Waals surface area contributed by atoms with E-state index < -0.39 is 36.1 Å². The monoisotopic (exact) mass is 438 g/mol. The molecular weight excluding hydrogens is 427 g/mol. The number of carbonyl (C=O) groups is 1. The van der Waals surface area contributed by atoms with Crippen LogP contribution >= 0.6 is 11.3 Å². The molecule has 0 bridgehead atoms. The summed E-state index contributed by atoms with van der Waals surface area (Å²) in [6, 6.07) is 9.20. The average molecular weight is 438 g/mol. The highest BCUT2D eigenvalue weighted by molar-refractivity contribution is 7.14. The van der Waals surface area contributed by atoms with Crippen molar-refractivity contribution in [3.63, 3.8) is 0 Å². The molecule has 5 nitrogen and oxygen atoms in total. The van der Waals surface area contributed by atoms with Crippen molar-refractivity contribution in [3.8, 4) is 11.3 Å². The second-order valence-corrected chi connectivity index (χ2v) is 7.08. The Kier molecular flexibility index (Phi) is 4.98. The number of rotatable bonds is 4. The lowest BCUT2D eigenvalue weighted by Gasteiger charge is -2.10. The van der Waals surface area contributed by atoms with Gasteiger partial charge in [-0.3, -0.25) is 4.79 Å². The first-order chi connectivity index (χ1) is 14.2. The largest absolute Gasteiger partial charge is 0.449 e. The topological polar surface area (TPSA) is 59.8 Å². The van der Waals surface area contributed by atoms with Gasteiger partial charge in [0.1, 0.15) is 6.54 Å². The number of nitrogens with zero attached hydrogens (tertiary/aromatic N) is 3. The summed E-state index contributed by atoms with van der Waals surface area (Å²) in [4.78, 5) is 20.1. The van der Waals surface area contributed by atoms with Crippen molar-refractivity contribution in [2.75, 3.05) is 5.32 Å². The van der Waals surface area contributed by atoms with Crippen molar-refractivity contribution in [1.82, 2.24) is 14.5 Å². The summed E-state index contributed by atoms with van der Waals surface area (Å²) in [5, 5.41) is 4.04. The predicted molar refractivity (Wildman–Crippen MR) is 101 cm³/mol. The summed E-state index contributed by atoms with van der Waals surface area (Å²) in [7, 11) is 0. The number of halogens is 5. The Bertz CT molecular complexity index is 1250. The van der Waals surface area contributed by atoms with Gasteiger partial charge in [0.25, 0.3) is 0 Å². The number of hydrogen-bond donors (Lipinski definition) is 1. The fourth-order valence-electron chi connectivity index (χ4n) is 2.87. The molecule has 154 valence electrons. The third kappa shape index (κ3) is 3.88. The van der Waals surface area contributed by atoms with E-state index in [1.54, 1.807) is 12.1 Å². The third-order valence-corrected chi connectivity index (χ3v) is 4.93. The number of amides is 1. The van der Waals surface area contributed by atoms with Gasteiger partial charge in [0.15, 0.2) is 16.8 Å². The van der Waals surface area contributed by atoms with Gasteiger partial charge < -0.3 is 9.88 Å². The zero-order chi connectivity index (χ0) is 21.5. The van der Waals surface area contributed by atoms with E-state index in [1.165, 1.54) is 23.6 Å². The number of aromatic nitrogens is 3. The Balaban J connectivity index is 1.56. The molecule has 0 saturated carbocycles. The van der Waals surface area contributed by atoms with Gasteiger partial charge in [0, 0.05) is 10.9 Å². The lowest BCUT2D eigenvalue weighted by molar-refractivity contribution is -0.147. The minimum absolute atomic E-state index is 0.109. The number of nitrogens with one attached hydrogen (secondary N) is 1. The van der Waals surface area contributed by atoms with Crippen LogP contribution in [0.25, 0.3) is 22.3 Å². The maximum atomic E-state index is 13.4. The summed E-state index contributed by atoms with van der Waals surface area (Å²) >= 11 is 1.00. The summed E-state index contributed by atoms with van der Waals surface area (Å²) in [6.45, 7) is -0.630. The SMILES string of the molecule is O=C(Cn1c(C(F)(F)F)nc2ccccc21)Nc1nc(-c2ccc(F)c(F)c2)cs1. The molecule has 0 atom stereocenters. The molecule has 11 heteroatoms. The van der Waals surface area contributed by atoms with Crippen molar-refractivity contribution in [3.05, 3.63) is 65.3 Å². The molecule has 0 fully saturated rings. The molecule has 0 unspecified atom stereocenters. The van der Waals surface area contributed by atoms with Crippen molar-refractivity contribution in [2.24, 2.45) is 0 Å². The molecule has 0 radical (unpaired) electrons. The van der Waals surface area contributed by atoms with E-state index in [0.717, 1.165) is 28.0 Å². The van der Waals surface area contributed by atoms with Crippen LogP contribution in [0, 0.1) is 11.6 Å². The minimum atomic E-state index is -4.74. The van der Waals surface area contributed by atoms with Crippen molar-refractivity contribution in [2.45, 2.75) is 12.7 Å². The van der Waals surface area contributed by atoms with Crippen LogP contribution in [0.3, 0.4) is 0 Å². The summed E-state index contributed by atoms with van der Waals surface area (Å²) < 4.78 is 67.2. The number of fused-ring (bicyclic) bond motifs is 1. The van der Waals surface area contributed by atoms with Gasteiger partial charge in [-0.05, 0) is 30.3 Å². The van der Waals surface area contributed by atoms with E-state index in [9.17, 15) is 26.7 Å². The van der Waals surface area contributed by atoms with E-state index in [4.69, 9.17) is 0 Å². The molecule has 2 heterocycles. The van der Waals surface area contributed by atoms with Gasteiger partial charge in [0.2, 0.25) is 11.7 Å². The molecule has 0 spiro atoms. The standard InChI is InChI=1S/C19H11F5N4OS/c20-11-6-5-10(7-12(11)21)14-9-30-18(26-14)27-16(29)8-28-15-4-2-1-3-13(15)25-17(28)19(22,23)24/h1-7,9H,8H2,(H,26,27,29). The Morgan fingerprint density at radius 2 is 1.83 bits per heavy atom. The van der Waals surface area contributed by atoms with E-state index in [1.807, 2.05) is 0 Å². The van der Waals surface area contributed by atoms with E-state index in [-0.39, 0.29) is 16.2 Å². The molecule has 4 aromatic rings. The third-order valence-electron chi connectivity index (χ3n) is 4.18. The quantitative estimate of drug-likeness (QED) is 0.452. The van der Waals surface area contributed by atoms with E-state index in [2.05, 4.69) is 15.3 Å². The van der Waals surface area contributed by atoms with Gasteiger partial charge in [0.05, 0.1) is 16.7 Å². The van der Waals surface area contributed by atoms with Gasteiger partial charge >= 0.3 is 6.18 Å². The summed E-state index contributed by atoms with van der Waals surface area (Å²) in [6.07, 6.45) is -4.74. The number of hydrogen-bond acceptors (Lipinski definition) is 4. The number of imidazole rings is 1. The second kappa shape index (κ2) is 7.48. The molecule has 2 aromatic carbocycles. The number of anilines is 1. The number of para-hydroxylation sites is 2. The molecule has 2 aromatic heterocycles. The molecule has 0 aliphatic rings. The van der Waals surface area contributed by atoms with Gasteiger partial charge in [-0.2, -0.15) is 13.2 Å². The van der Waals surface area contributed by atoms with Gasteiger partial charge in [-0.25, -0.2) is 18.7 Å². The van der Waals surface area contributed by atoms with Crippen molar-refractivity contribution in [1.29, 1.82) is 0 Å². The molecule has 30 heavy (non-hydrogen) atoms. The van der Waals surface area contributed by atoms with Crippen LogP contribution in [-0.2, 0) is 17.5 Å². The van der Waals surface area contributed by atoms with Crippen LogP contribution in [0.2, 0.25) is 0 Å². The maximum Gasteiger partial charge on any atom is 0.449 e. The van der Waals surface area contributed by atoms with Crippen LogP contribution in [0.5, 0.6) is 0 Å². The average Bonchev–Trinajstić information content (AvgIpc) is 3.29. The molecule has 0 saturated heterocycles. The van der Waals surface area contributed by atoms with Gasteiger partial charge in [-0.15, -0.1) is 11.3 Å². The van der Waals surface area contributed by atoms with Crippen LogP contribution in [0.15, 0.2) is 47.8 Å². The second-order valence-electron chi connectivity index (χ2n) is 6.22. The van der Waals surface area contributed by atoms with Crippen LogP contribution in [0.4, 0.5) is 27.1 Å². The number of alkyl halides is 3. The lowest BCUT2D eigenvalue weighted by Crippen LogP contribution is -2.23. The minimum Gasteiger partial charge on any atom is -0.311 e. The maximum absolute atomic E-state index is 13.4. The van der Waals surface area contributed by atoms with E-state index in [0.29, 0.717) is 11.3 Å². The summed E-state index contributed by atoms with van der Waals surface area (Å²) in [5.41, 5.74) is 0.873. The normalized spacial score (nSPS) is 11.8. The number of thiazole rings is 1. The van der Waals surface area contributed by atoms with E-state index >= 15 is 0 Å². The number of benzene rings is 2. The molecule has 4 rings (SSSR count). The Hall–Kier alpha value is -3.34. The molecule has 1 amide bonds. The van der Waals surface area contributed by atoms with Crippen molar-refractivity contribution >= 4 is 33.4 Å². The zero-order valence-corrected chi connectivity index (χ0v) is 15.7. The Morgan fingerprint density at radius 1 is 1.07 bits per heavy atom. The highest BCUT2D eigenvalue weighted by Gasteiger charge is 2.38. The molecule has 0 aliphatic heterocycles. The Labute approximate surface area is 169 Å². The first-order valence-corrected chi connectivity index (χ1v) is 9.33. The lowest BCUT2D eigenvalue weighted by atomic mass is 10.2. The zero-order valence-electron chi connectivity index (χ0n) is 14.9. The molecule has 1 N–H and O–H groups in total. The highest BCUT2D eigenvalue weighted by Crippen LogP contribution is 2.32. The van der Waals surface area contributed by atoms with Gasteiger partial charge in [-0.1, -0.05) is 12.1 Å². The smallest absolute Gasteiger partial charge is 0.311 e. The van der Waals surface area contributed by atoms with Crippen LogP contribution < -0.4 is 5.32 Å². The van der Waals surface area contributed by atoms with Crippen LogP contribution in [0.1, 0.15) is 5.82 Å². The number of carbonyl (C=O) groups excluding carboxylic acids is 1. The first kappa shape index (κ1) is 20.0. The van der Waals surface area contributed by atoms with Crippen LogP contribution in [-0.4, -0.2) is 20.4 Å². The highest BCUT2D eigenvalue weighted by atomic mass is 32.1. The Morgan fingerprint density at radius 3 is 2.57 bits per heavy atom. The van der Waals surface area contributed by atoms with Crippen molar-refractivity contribution < 1.29 is 26.7 Å².